The zero-order valence-corrected chi connectivity index (χ0v) is 7.88. The van der Waals surface area contributed by atoms with Crippen LogP contribution in [0.15, 0.2) is 29.4 Å². The molecular formula is C9H7N3O3. The standard InChI is InChI=1S/C9H7N3O3/c1-15-11-9(6-10)7-3-2-4-8(5-7)12(13)14/h2-5H,1H3. The van der Waals surface area contributed by atoms with Gasteiger partial charge >= 0.3 is 0 Å². The fourth-order valence-electron chi connectivity index (χ4n) is 0.996. The van der Waals surface area contributed by atoms with Gasteiger partial charge in [-0.1, -0.05) is 17.3 Å². The van der Waals surface area contributed by atoms with Crippen LogP contribution in [0.3, 0.4) is 0 Å². The van der Waals surface area contributed by atoms with Crippen LogP contribution in [0.5, 0.6) is 0 Å². The number of hydrogen-bond donors (Lipinski definition) is 0. The molecule has 0 amide bonds. The quantitative estimate of drug-likeness (QED) is 0.424. The normalized spacial score (nSPS) is 10.5. The second kappa shape index (κ2) is 4.72. The molecule has 0 unspecified atom stereocenters. The Morgan fingerprint density at radius 2 is 2.40 bits per heavy atom. The minimum atomic E-state index is -0.536. The molecular weight excluding hydrogens is 198 g/mol. The predicted molar refractivity (Wildman–Crippen MR) is 52.3 cm³/mol. The molecule has 1 rings (SSSR count). The highest BCUT2D eigenvalue weighted by molar-refractivity contribution is 6.11. The monoisotopic (exact) mass is 205 g/mol. The van der Waals surface area contributed by atoms with Crippen molar-refractivity contribution < 1.29 is 9.76 Å². The molecule has 6 nitrogen and oxygen atoms in total. The van der Waals surface area contributed by atoms with E-state index in [0.29, 0.717) is 5.56 Å². The summed E-state index contributed by atoms with van der Waals surface area (Å²) in [7, 11) is 1.30. The predicted octanol–water partition coefficient (Wildman–Crippen LogP) is 1.47. The Bertz CT molecular complexity index is 448. The molecule has 1 aromatic rings. The summed E-state index contributed by atoms with van der Waals surface area (Å²) in [6.45, 7) is 0. The van der Waals surface area contributed by atoms with Gasteiger partial charge in [-0.15, -0.1) is 0 Å². The minimum absolute atomic E-state index is 0.00111. The van der Waals surface area contributed by atoms with Gasteiger partial charge in [-0.3, -0.25) is 10.1 Å². The minimum Gasteiger partial charge on any atom is -0.398 e. The Hall–Kier alpha value is -2.42. The van der Waals surface area contributed by atoms with E-state index < -0.39 is 4.92 Å². The van der Waals surface area contributed by atoms with Crippen molar-refractivity contribution in [2.24, 2.45) is 5.16 Å². The third-order valence-electron chi connectivity index (χ3n) is 1.62. The van der Waals surface area contributed by atoms with E-state index in [9.17, 15) is 10.1 Å². The summed E-state index contributed by atoms with van der Waals surface area (Å²) < 4.78 is 0. The SMILES string of the molecule is CON=C(C#N)c1cccc([N+](=O)[O-])c1. The van der Waals surface area contributed by atoms with Crippen LogP contribution in [0.1, 0.15) is 5.56 Å². The molecule has 0 radical (unpaired) electrons. The van der Waals surface area contributed by atoms with Crippen LogP contribution in [0.2, 0.25) is 0 Å². The van der Waals surface area contributed by atoms with Crippen molar-refractivity contribution in [1.82, 2.24) is 0 Å². The second-order valence-electron chi connectivity index (χ2n) is 2.54. The van der Waals surface area contributed by atoms with Crippen molar-refractivity contribution in [3.05, 3.63) is 39.9 Å². The molecule has 0 N–H and O–H groups in total. The Kier molecular flexibility index (Phi) is 3.35. The van der Waals surface area contributed by atoms with Gasteiger partial charge in [0, 0.05) is 17.7 Å². The van der Waals surface area contributed by atoms with Crippen LogP contribution in [0.4, 0.5) is 5.69 Å². The van der Waals surface area contributed by atoms with Gasteiger partial charge in [-0.2, -0.15) is 5.26 Å². The van der Waals surface area contributed by atoms with Gasteiger partial charge in [0.25, 0.3) is 5.69 Å². The van der Waals surface area contributed by atoms with Crippen LogP contribution < -0.4 is 0 Å². The number of hydrogen-bond acceptors (Lipinski definition) is 5. The summed E-state index contributed by atoms with van der Waals surface area (Å²) in [5.74, 6) is 0. The summed E-state index contributed by atoms with van der Waals surface area (Å²) in [4.78, 5) is 14.4. The van der Waals surface area contributed by atoms with E-state index in [1.54, 1.807) is 12.1 Å². The van der Waals surface area contributed by atoms with Crippen LogP contribution in [0, 0.1) is 21.4 Å². The Morgan fingerprint density at radius 1 is 1.67 bits per heavy atom. The number of non-ortho nitro benzene ring substituents is 1. The summed E-state index contributed by atoms with van der Waals surface area (Å²) >= 11 is 0. The molecule has 0 aliphatic carbocycles. The second-order valence-corrected chi connectivity index (χ2v) is 2.54. The van der Waals surface area contributed by atoms with E-state index in [0.717, 1.165) is 0 Å². The van der Waals surface area contributed by atoms with Crippen molar-refractivity contribution in [1.29, 1.82) is 5.26 Å². The first-order valence-corrected chi connectivity index (χ1v) is 3.95. The average Bonchev–Trinajstić information content (AvgIpc) is 2.26. The fraction of sp³-hybridized carbons (Fsp3) is 0.111. The number of nitro groups is 1. The Labute approximate surface area is 85.5 Å². The molecule has 0 saturated heterocycles. The lowest BCUT2D eigenvalue weighted by Crippen LogP contribution is -1.99. The summed E-state index contributed by atoms with van der Waals surface area (Å²) in [5, 5.41) is 22.6. The van der Waals surface area contributed by atoms with Crippen molar-refractivity contribution >= 4 is 11.4 Å². The highest BCUT2D eigenvalue weighted by Gasteiger charge is 2.09. The maximum Gasteiger partial charge on any atom is 0.270 e. The summed E-state index contributed by atoms with van der Waals surface area (Å²) in [5.41, 5.74) is 0.265. The molecule has 0 aliphatic rings. The lowest BCUT2D eigenvalue weighted by Gasteiger charge is -1.96. The van der Waals surface area contributed by atoms with E-state index >= 15 is 0 Å². The van der Waals surface area contributed by atoms with E-state index in [4.69, 9.17) is 5.26 Å². The van der Waals surface area contributed by atoms with Crippen molar-refractivity contribution in [3.63, 3.8) is 0 Å². The largest absolute Gasteiger partial charge is 0.398 e. The summed E-state index contributed by atoms with van der Waals surface area (Å²) in [6, 6.07) is 7.42. The zero-order chi connectivity index (χ0) is 11.3. The van der Waals surface area contributed by atoms with Gasteiger partial charge in [0.15, 0.2) is 5.71 Å². The molecule has 1 aromatic carbocycles. The number of nitrogens with zero attached hydrogens (tertiary/aromatic N) is 3. The van der Waals surface area contributed by atoms with Crippen molar-refractivity contribution in [3.8, 4) is 6.07 Å². The maximum absolute atomic E-state index is 10.5. The molecule has 0 aromatic heterocycles. The lowest BCUT2D eigenvalue weighted by molar-refractivity contribution is -0.384. The van der Waals surface area contributed by atoms with E-state index in [2.05, 4.69) is 9.99 Å². The average molecular weight is 205 g/mol. The Morgan fingerprint density at radius 3 is 2.93 bits per heavy atom. The van der Waals surface area contributed by atoms with Crippen LogP contribution >= 0.6 is 0 Å². The van der Waals surface area contributed by atoms with E-state index in [1.807, 2.05) is 0 Å². The molecule has 0 heterocycles. The zero-order valence-electron chi connectivity index (χ0n) is 7.88. The maximum atomic E-state index is 10.5. The number of nitro benzene ring substituents is 1. The topological polar surface area (TPSA) is 88.5 Å². The van der Waals surface area contributed by atoms with Crippen molar-refractivity contribution in [2.45, 2.75) is 0 Å². The van der Waals surface area contributed by atoms with Gasteiger partial charge in [-0.05, 0) is 0 Å². The highest BCUT2D eigenvalue weighted by Crippen LogP contribution is 2.13. The van der Waals surface area contributed by atoms with Crippen LogP contribution in [-0.4, -0.2) is 17.7 Å². The first-order valence-electron chi connectivity index (χ1n) is 3.95. The molecule has 0 bridgehead atoms. The third-order valence-corrected chi connectivity index (χ3v) is 1.62. The first-order chi connectivity index (χ1) is 7.19. The molecule has 0 spiro atoms. The molecule has 0 fully saturated rings. The van der Waals surface area contributed by atoms with Gasteiger partial charge in [-0.25, -0.2) is 0 Å². The number of benzene rings is 1. The molecule has 0 saturated carbocycles. The lowest BCUT2D eigenvalue weighted by atomic mass is 10.1. The van der Waals surface area contributed by atoms with Crippen LogP contribution in [0.25, 0.3) is 0 Å². The third kappa shape index (κ3) is 2.51. The van der Waals surface area contributed by atoms with E-state index in [1.165, 1.54) is 25.3 Å². The van der Waals surface area contributed by atoms with Gasteiger partial charge in [0.05, 0.1) is 4.92 Å². The molecule has 0 atom stereocenters. The van der Waals surface area contributed by atoms with Gasteiger partial charge in [0.1, 0.15) is 13.2 Å². The molecule has 15 heavy (non-hydrogen) atoms. The van der Waals surface area contributed by atoms with Gasteiger partial charge in [0.2, 0.25) is 0 Å². The molecule has 6 heteroatoms. The van der Waals surface area contributed by atoms with Gasteiger partial charge < -0.3 is 4.84 Å². The van der Waals surface area contributed by atoms with E-state index in [-0.39, 0.29) is 11.4 Å². The first kappa shape index (κ1) is 10.7. The highest BCUT2D eigenvalue weighted by atomic mass is 16.6. The number of oxime groups is 1. The smallest absolute Gasteiger partial charge is 0.270 e. The number of nitriles is 1. The molecule has 76 valence electrons. The fourth-order valence-corrected chi connectivity index (χ4v) is 0.996. The van der Waals surface area contributed by atoms with Crippen LogP contribution in [-0.2, 0) is 4.84 Å². The molecule has 0 aliphatic heterocycles. The Balaban J connectivity index is 3.16. The number of rotatable bonds is 3. The van der Waals surface area contributed by atoms with Crippen molar-refractivity contribution in [2.75, 3.05) is 7.11 Å². The summed E-state index contributed by atoms with van der Waals surface area (Å²) in [6.07, 6.45) is 0.